The predicted octanol–water partition coefficient (Wildman–Crippen LogP) is 2.71. The number of carbonyl (C=O) groups is 3. The zero-order valence-electron chi connectivity index (χ0n) is 16.3. The summed E-state index contributed by atoms with van der Waals surface area (Å²) in [5.41, 5.74) is 3.45. The Balaban J connectivity index is 1.63. The molecule has 3 aromatic rings. The van der Waals surface area contributed by atoms with Crippen LogP contribution in [0.2, 0.25) is 0 Å². The van der Waals surface area contributed by atoms with E-state index in [0.29, 0.717) is 5.69 Å². The van der Waals surface area contributed by atoms with Crippen molar-refractivity contribution in [3.8, 4) is 0 Å². The fourth-order valence-electron chi connectivity index (χ4n) is 3.12. The first kappa shape index (κ1) is 20.1. The molecule has 0 fully saturated rings. The number of aryl methyl sites for hydroxylation is 1. The van der Waals surface area contributed by atoms with E-state index >= 15 is 0 Å². The molecule has 7 nitrogen and oxygen atoms in total. The molecule has 0 aliphatic heterocycles. The predicted molar refractivity (Wildman–Crippen MR) is 110 cm³/mol. The quantitative estimate of drug-likeness (QED) is 0.537. The van der Waals surface area contributed by atoms with Crippen molar-refractivity contribution >= 4 is 34.4 Å². The minimum atomic E-state index is -0.890. The monoisotopic (exact) mass is 393 g/mol. The maximum atomic E-state index is 12.5. The molecule has 0 spiro atoms. The topological polar surface area (TPSA) is 100 Å². The van der Waals surface area contributed by atoms with Gasteiger partial charge in [0.1, 0.15) is 6.04 Å². The normalized spacial score (nSPS) is 11.7. The summed E-state index contributed by atoms with van der Waals surface area (Å²) in [4.78, 5) is 39.3. The van der Waals surface area contributed by atoms with Gasteiger partial charge >= 0.3 is 5.97 Å². The van der Waals surface area contributed by atoms with Gasteiger partial charge in [0.25, 0.3) is 5.91 Å². The number of fused-ring (bicyclic) bond motifs is 1. The van der Waals surface area contributed by atoms with Gasteiger partial charge in [0, 0.05) is 36.1 Å². The third kappa shape index (κ3) is 5.44. The molecule has 1 atom stereocenters. The van der Waals surface area contributed by atoms with Gasteiger partial charge in [-0.3, -0.25) is 9.59 Å². The minimum Gasteiger partial charge on any atom is -0.454 e. The third-order valence-corrected chi connectivity index (χ3v) is 4.41. The number of H-pyrrole nitrogens is 1. The molecule has 2 amide bonds. The van der Waals surface area contributed by atoms with Crippen LogP contribution in [0.3, 0.4) is 0 Å². The smallest absolute Gasteiger partial charge is 0.329 e. The lowest BCUT2D eigenvalue weighted by Gasteiger charge is -2.16. The van der Waals surface area contributed by atoms with E-state index in [9.17, 15) is 14.4 Å². The number of aromatic amines is 1. The molecule has 3 rings (SSSR count). The third-order valence-electron chi connectivity index (χ3n) is 4.41. The minimum absolute atomic E-state index is 0.252. The van der Waals surface area contributed by atoms with E-state index in [1.807, 2.05) is 49.4 Å². The number of benzene rings is 2. The molecule has 0 bridgehead atoms. The van der Waals surface area contributed by atoms with E-state index in [1.165, 1.54) is 6.92 Å². The molecule has 3 N–H and O–H groups in total. The Morgan fingerprint density at radius 2 is 1.90 bits per heavy atom. The van der Waals surface area contributed by atoms with Crippen LogP contribution in [0.5, 0.6) is 0 Å². The number of nitrogens with one attached hydrogen (secondary N) is 3. The van der Waals surface area contributed by atoms with Crippen molar-refractivity contribution in [1.82, 2.24) is 10.3 Å². The average Bonchev–Trinajstić information content (AvgIpc) is 3.08. The molecule has 150 valence electrons. The highest BCUT2D eigenvalue weighted by atomic mass is 16.5. The number of carbonyl (C=O) groups excluding carboxylic acids is 3. The first-order chi connectivity index (χ1) is 13.9. The summed E-state index contributed by atoms with van der Waals surface area (Å²) < 4.78 is 5.15. The fraction of sp³-hybridized carbons (Fsp3) is 0.227. The Bertz CT molecular complexity index is 1040. The van der Waals surface area contributed by atoms with Crippen LogP contribution in [-0.2, 0) is 25.5 Å². The molecular formula is C22H23N3O4. The van der Waals surface area contributed by atoms with E-state index < -0.39 is 24.5 Å². The van der Waals surface area contributed by atoms with Gasteiger partial charge in [0.2, 0.25) is 5.91 Å². The summed E-state index contributed by atoms with van der Waals surface area (Å²) in [6.45, 7) is 2.81. The van der Waals surface area contributed by atoms with Crippen LogP contribution < -0.4 is 10.6 Å². The highest BCUT2D eigenvalue weighted by Gasteiger charge is 2.23. The number of amides is 2. The Morgan fingerprint density at radius 1 is 1.10 bits per heavy atom. The standard InChI is InChI=1S/C22H23N3O4/c1-14-6-5-7-17(10-14)25-21(27)13-29-22(28)20(24-15(2)26)11-16-12-23-19-9-4-3-8-18(16)19/h3-10,12,20,23H,11,13H2,1-2H3,(H,24,26)(H,25,27)/t20-/m0/s1. The number of aromatic nitrogens is 1. The maximum absolute atomic E-state index is 12.5. The van der Waals surface area contributed by atoms with E-state index in [-0.39, 0.29) is 12.3 Å². The van der Waals surface area contributed by atoms with Gasteiger partial charge in [-0.25, -0.2) is 4.79 Å². The van der Waals surface area contributed by atoms with Crippen molar-refractivity contribution < 1.29 is 19.1 Å². The van der Waals surface area contributed by atoms with Gasteiger partial charge in [0.15, 0.2) is 6.61 Å². The van der Waals surface area contributed by atoms with Crippen molar-refractivity contribution in [1.29, 1.82) is 0 Å². The first-order valence-corrected chi connectivity index (χ1v) is 9.27. The molecule has 0 unspecified atom stereocenters. The zero-order valence-corrected chi connectivity index (χ0v) is 16.3. The summed E-state index contributed by atoms with van der Waals surface area (Å²) in [6.07, 6.45) is 2.05. The molecule has 1 heterocycles. The number of hydrogen-bond acceptors (Lipinski definition) is 4. The molecule has 2 aromatic carbocycles. The molecule has 7 heteroatoms. The summed E-state index contributed by atoms with van der Waals surface area (Å²) in [6, 6.07) is 14.1. The van der Waals surface area contributed by atoms with Gasteiger partial charge in [-0.05, 0) is 36.2 Å². The van der Waals surface area contributed by atoms with Crippen molar-refractivity contribution in [3.63, 3.8) is 0 Å². The first-order valence-electron chi connectivity index (χ1n) is 9.27. The van der Waals surface area contributed by atoms with E-state index in [0.717, 1.165) is 22.0 Å². The highest BCUT2D eigenvalue weighted by Crippen LogP contribution is 2.19. The molecular weight excluding hydrogens is 370 g/mol. The molecule has 29 heavy (non-hydrogen) atoms. The molecule has 0 aliphatic rings. The van der Waals surface area contributed by atoms with Gasteiger partial charge in [-0.1, -0.05) is 30.3 Å². The van der Waals surface area contributed by atoms with E-state index in [2.05, 4.69) is 15.6 Å². The number of para-hydroxylation sites is 1. The summed E-state index contributed by atoms with van der Waals surface area (Å²) in [5, 5.41) is 6.25. The van der Waals surface area contributed by atoms with Crippen LogP contribution in [0, 0.1) is 6.92 Å². The van der Waals surface area contributed by atoms with Crippen molar-refractivity contribution in [2.45, 2.75) is 26.3 Å². The number of esters is 1. The second-order valence-electron chi connectivity index (χ2n) is 6.84. The molecule has 0 saturated heterocycles. The number of hydrogen-bond donors (Lipinski definition) is 3. The van der Waals surface area contributed by atoms with Gasteiger partial charge in [-0.15, -0.1) is 0 Å². The summed E-state index contributed by atoms with van der Waals surface area (Å²) in [5.74, 6) is -1.46. The molecule has 0 radical (unpaired) electrons. The van der Waals surface area contributed by atoms with Crippen LogP contribution in [0.1, 0.15) is 18.1 Å². The zero-order chi connectivity index (χ0) is 20.8. The van der Waals surface area contributed by atoms with Crippen LogP contribution in [-0.4, -0.2) is 35.4 Å². The van der Waals surface area contributed by atoms with Crippen LogP contribution >= 0.6 is 0 Å². The number of ether oxygens (including phenoxy) is 1. The maximum Gasteiger partial charge on any atom is 0.329 e. The molecule has 0 saturated carbocycles. The van der Waals surface area contributed by atoms with Crippen molar-refractivity contribution in [2.24, 2.45) is 0 Å². The highest BCUT2D eigenvalue weighted by molar-refractivity contribution is 5.93. The molecule has 1 aromatic heterocycles. The second-order valence-corrected chi connectivity index (χ2v) is 6.84. The van der Waals surface area contributed by atoms with Gasteiger partial charge in [0.05, 0.1) is 0 Å². The van der Waals surface area contributed by atoms with Gasteiger partial charge < -0.3 is 20.4 Å². The summed E-state index contributed by atoms with van der Waals surface area (Å²) in [7, 11) is 0. The van der Waals surface area contributed by atoms with Crippen molar-refractivity contribution in [2.75, 3.05) is 11.9 Å². The Morgan fingerprint density at radius 3 is 2.66 bits per heavy atom. The average molecular weight is 393 g/mol. The van der Waals surface area contributed by atoms with Crippen LogP contribution in [0.4, 0.5) is 5.69 Å². The van der Waals surface area contributed by atoms with E-state index in [1.54, 1.807) is 12.3 Å². The Labute approximate surface area is 168 Å². The van der Waals surface area contributed by atoms with Gasteiger partial charge in [-0.2, -0.15) is 0 Å². The molecule has 0 aliphatic carbocycles. The van der Waals surface area contributed by atoms with Crippen LogP contribution in [0.25, 0.3) is 10.9 Å². The van der Waals surface area contributed by atoms with Crippen LogP contribution in [0.15, 0.2) is 54.7 Å². The fourth-order valence-corrected chi connectivity index (χ4v) is 3.12. The van der Waals surface area contributed by atoms with Crippen molar-refractivity contribution in [3.05, 3.63) is 65.9 Å². The Kier molecular flexibility index (Phi) is 6.29. The number of anilines is 1. The van der Waals surface area contributed by atoms with E-state index in [4.69, 9.17) is 4.74 Å². The second kappa shape index (κ2) is 9.05. The SMILES string of the molecule is CC(=O)N[C@@H](Cc1c[nH]c2ccccc12)C(=O)OCC(=O)Nc1cccc(C)c1. The summed E-state index contributed by atoms with van der Waals surface area (Å²) >= 11 is 0. The lowest BCUT2D eigenvalue weighted by molar-refractivity contribution is -0.150. The lowest BCUT2D eigenvalue weighted by Crippen LogP contribution is -2.43. The lowest BCUT2D eigenvalue weighted by atomic mass is 10.0. The largest absolute Gasteiger partial charge is 0.454 e. The Hall–Kier alpha value is -3.61. The number of rotatable bonds is 7.